The van der Waals surface area contributed by atoms with Gasteiger partial charge in [0.1, 0.15) is 18.1 Å². The maximum Gasteiger partial charge on any atom is 0.471 e. The molecule has 4 N–H and O–H groups in total. The van der Waals surface area contributed by atoms with Gasteiger partial charge < -0.3 is 29.7 Å². The van der Waals surface area contributed by atoms with E-state index in [0.717, 1.165) is 10.6 Å². The SMILES string of the molecule is COc1cc([C@@H](OCc2cn([C@H]3C[C@@H](O)[C@@H](CO)O3)c(=O)[nH]c2=O)C(C)(C)C)c([N+](=O)[O-])cc1C#CCNC(=O)C(F)(F)F. The Kier molecular flexibility index (Phi) is 10.6. The van der Waals surface area contributed by atoms with E-state index in [0.29, 0.717) is 0 Å². The molecule has 1 aromatic carbocycles. The van der Waals surface area contributed by atoms with Crippen LogP contribution in [-0.2, 0) is 20.9 Å². The van der Waals surface area contributed by atoms with Gasteiger partial charge >= 0.3 is 17.8 Å². The molecular formula is C27H31F3N4O10. The molecule has 0 radical (unpaired) electrons. The van der Waals surface area contributed by atoms with Crippen LogP contribution in [0.25, 0.3) is 0 Å². The number of nitrogens with one attached hydrogen (secondary N) is 2. The quantitative estimate of drug-likeness (QED) is 0.179. The Morgan fingerprint density at radius 1 is 1.32 bits per heavy atom. The number of hydrogen-bond acceptors (Lipinski definition) is 10. The molecule has 1 aliphatic rings. The molecule has 14 nitrogen and oxygen atoms in total. The van der Waals surface area contributed by atoms with Crippen molar-refractivity contribution in [2.75, 3.05) is 20.3 Å². The van der Waals surface area contributed by atoms with Crippen LogP contribution in [0, 0.1) is 27.4 Å². The fourth-order valence-corrected chi connectivity index (χ4v) is 4.46. The first-order valence-corrected chi connectivity index (χ1v) is 13.1. The van der Waals surface area contributed by atoms with Crippen molar-refractivity contribution < 1.29 is 47.3 Å². The number of H-pyrrole nitrogens is 1. The number of nitro benzene ring substituents is 1. The largest absolute Gasteiger partial charge is 0.495 e. The van der Waals surface area contributed by atoms with Crippen molar-refractivity contribution in [3.8, 4) is 17.6 Å². The van der Waals surface area contributed by atoms with Gasteiger partial charge in [-0.2, -0.15) is 13.2 Å². The van der Waals surface area contributed by atoms with E-state index in [1.54, 1.807) is 26.1 Å². The molecule has 44 heavy (non-hydrogen) atoms. The molecule has 0 unspecified atom stereocenters. The lowest BCUT2D eigenvalue weighted by Crippen LogP contribution is -2.36. The zero-order valence-electron chi connectivity index (χ0n) is 24.1. The van der Waals surface area contributed by atoms with E-state index in [1.807, 2.05) is 0 Å². The lowest BCUT2D eigenvalue weighted by molar-refractivity contribution is -0.386. The Labute approximate surface area is 247 Å². The summed E-state index contributed by atoms with van der Waals surface area (Å²) in [5, 5.41) is 33.1. The van der Waals surface area contributed by atoms with Gasteiger partial charge in [0.05, 0.1) is 60.7 Å². The molecule has 1 aromatic heterocycles. The van der Waals surface area contributed by atoms with Gasteiger partial charge in [0.15, 0.2) is 0 Å². The molecular weight excluding hydrogens is 597 g/mol. The number of carbonyl (C=O) groups is 1. The second-order valence-corrected chi connectivity index (χ2v) is 10.8. The number of hydrogen-bond donors (Lipinski definition) is 4. The highest BCUT2D eigenvalue weighted by molar-refractivity contribution is 5.81. The summed E-state index contributed by atoms with van der Waals surface area (Å²) in [6.07, 6.45) is -7.94. The minimum absolute atomic E-state index is 0.0277. The molecule has 240 valence electrons. The number of amides is 1. The van der Waals surface area contributed by atoms with Crippen molar-refractivity contribution in [2.24, 2.45) is 5.41 Å². The van der Waals surface area contributed by atoms with Crippen LogP contribution in [-0.4, -0.2) is 69.2 Å². The molecule has 1 amide bonds. The first kappa shape index (κ1) is 34.3. The first-order valence-electron chi connectivity index (χ1n) is 13.1. The molecule has 1 fully saturated rings. The number of halogens is 3. The van der Waals surface area contributed by atoms with Crippen LogP contribution >= 0.6 is 0 Å². The third-order valence-electron chi connectivity index (χ3n) is 6.57. The number of alkyl halides is 3. The topological polar surface area (TPSA) is 195 Å². The number of aromatic nitrogens is 2. The third kappa shape index (κ3) is 8.02. The molecule has 1 saturated heterocycles. The number of methoxy groups -OCH3 is 1. The monoisotopic (exact) mass is 628 g/mol. The van der Waals surface area contributed by atoms with E-state index in [2.05, 4.69) is 16.8 Å². The van der Waals surface area contributed by atoms with Gasteiger partial charge in [-0.1, -0.05) is 32.6 Å². The highest BCUT2D eigenvalue weighted by atomic mass is 19.4. The van der Waals surface area contributed by atoms with Crippen molar-refractivity contribution in [1.29, 1.82) is 0 Å². The van der Waals surface area contributed by atoms with Crippen LogP contribution in [0.15, 0.2) is 27.9 Å². The molecule has 2 aromatic rings. The number of carbonyl (C=O) groups excluding carboxylic acids is 1. The predicted molar refractivity (Wildman–Crippen MR) is 146 cm³/mol. The van der Waals surface area contributed by atoms with Crippen molar-refractivity contribution in [1.82, 2.24) is 14.9 Å². The second kappa shape index (κ2) is 13.6. The van der Waals surface area contributed by atoms with Crippen LogP contribution in [0.4, 0.5) is 18.9 Å². The summed E-state index contributed by atoms with van der Waals surface area (Å²) in [6.45, 7) is 3.57. The normalized spacial score (nSPS) is 19.2. The molecule has 0 spiro atoms. The van der Waals surface area contributed by atoms with Gasteiger partial charge in [-0.15, -0.1) is 0 Å². The summed E-state index contributed by atoms with van der Waals surface area (Å²) in [7, 11) is 1.25. The maximum absolute atomic E-state index is 12.6. The van der Waals surface area contributed by atoms with Crippen LogP contribution in [0.5, 0.6) is 5.75 Å². The number of nitro groups is 1. The summed E-state index contributed by atoms with van der Waals surface area (Å²) < 4.78 is 55.1. The molecule has 1 aliphatic heterocycles. The fourth-order valence-electron chi connectivity index (χ4n) is 4.46. The first-order chi connectivity index (χ1) is 20.5. The standard InChI is InChI=1S/C27H31F3N4O10/c1-26(2,3)22(43-13-15-11-33(25(39)32-23(15)37)21-10-18(36)20(12-35)44-21)16-9-19(42-4)14(8-17(16)34(40)41)6-5-7-31-24(38)27(28,29)30/h8-9,11,18,20-22,35-36H,7,10,12-13H2,1-4H3,(H,31,38)(H,32,37,39)/t18-,20-,21-,22-/m1/s1. The Morgan fingerprint density at radius 3 is 2.55 bits per heavy atom. The minimum Gasteiger partial charge on any atom is -0.495 e. The summed E-state index contributed by atoms with van der Waals surface area (Å²) in [5.41, 5.74) is -2.94. The van der Waals surface area contributed by atoms with Crippen molar-refractivity contribution >= 4 is 11.6 Å². The Morgan fingerprint density at radius 2 is 2.00 bits per heavy atom. The summed E-state index contributed by atoms with van der Waals surface area (Å²) in [4.78, 5) is 49.6. The predicted octanol–water partition coefficient (Wildman–Crippen LogP) is 1.43. The average molecular weight is 629 g/mol. The van der Waals surface area contributed by atoms with E-state index in [-0.39, 0.29) is 28.9 Å². The highest BCUT2D eigenvalue weighted by Gasteiger charge is 2.38. The van der Waals surface area contributed by atoms with Gasteiger partial charge in [-0.05, 0) is 11.5 Å². The number of benzene rings is 1. The van der Waals surface area contributed by atoms with E-state index >= 15 is 0 Å². The summed E-state index contributed by atoms with van der Waals surface area (Å²) in [5.74, 6) is 2.59. The lowest BCUT2D eigenvalue weighted by atomic mass is 9.83. The molecule has 0 aliphatic carbocycles. The smallest absolute Gasteiger partial charge is 0.471 e. The van der Waals surface area contributed by atoms with E-state index in [4.69, 9.17) is 14.2 Å². The minimum atomic E-state index is -5.10. The Hall–Kier alpha value is -4.24. The molecule has 0 bridgehead atoms. The number of ether oxygens (including phenoxy) is 3. The molecule has 3 rings (SSSR count). The lowest BCUT2D eigenvalue weighted by Gasteiger charge is -2.31. The molecule has 0 saturated carbocycles. The number of aromatic amines is 1. The van der Waals surface area contributed by atoms with Crippen LogP contribution in [0.2, 0.25) is 0 Å². The fraction of sp³-hybridized carbons (Fsp3) is 0.519. The highest BCUT2D eigenvalue weighted by Crippen LogP contribution is 2.43. The van der Waals surface area contributed by atoms with Gasteiger partial charge in [-0.25, -0.2) is 4.79 Å². The van der Waals surface area contributed by atoms with Crippen molar-refractivity contribution in [2.45, 2.75) is 64.5 Å². The van der Waals surface area contributed by atoms with E-state index in [9.17, 15) is 47.9 Å². The summed E-state index contributed by atoms with van der Waals surface area (Å²) in [6, 6.07) is 2.35. The zero-order chi connectivity index (χ0) is 33.0. The number of aliphatic hydroxyl groups is 2. The number of nitrogens with zero attached hydrogens (tertiary/aromatic N) is 2. The van der Waals surface area contributed by atoms with Crippen LogP contribution in [0.1, 0.15) is 56.2 Å². The van der Waals surface area contributed by atoms with E-state index in [1.165, 1.54) is 19.4 Å². The molecule has 2 heterocycles. The summed E-state index contributed by atoms with van der Waals surface area (Å²) >= 11 is 0. The van der Waals surface area contributed by atoms with Crippen LogP contribution in [0.3, 0.4) is 0 Å². The van der Waals surface area contributed by atoms with Crippen molar-refractivity contribution in [3.63, 3.8) is 0 Å². The van der Waals surface area contributed by atoms with Gasteiger partial charge in [0.2, 0.25) is 0 Å². The zero-order valence-corrected chi connectivity index (χ0v) is 24.1. The van der Waals surface area contributed by atoms with Gasteiger partial charge in [0.25, 0.3) is 11.2 Å². The molecule has 4 atom stereocenters. The van der Waals surface area contributed by atoms with Crippen LogP contribution < -0.4 is 21.3 Å². The Bertz CT molecular complexity index is 1570. The van der Waals surface area contributed by atoms with Gasteiger partial charge in [0, 0.05) is 18.7 Å². The average Bonchev–Trinajstić information content (AvgIpc) is 3.30. The Balaban J connectivity index is 1.95. The number of aliphatic hydroxyl groups excluding tert-OH is 2. The third-order valence-corrected chi connectivity index (χ3v) is 6.57. The maximum atomic E-state index is 12.6. The number of rotatable bonds is 9. The van der Waals surface area contributed by atoms with Crippen molar-refractivity contribution in [3.05, 3.63) is 66.0 Å². The van der Waals surface area contributed by atoms with E-state index < -0.39 is 83.7 Å². The molecule has 17 heteroatoms. The van der Waals surface area contributed by atoms with Gasteiger partial charge in [-0.3, -0.25) is 29.3 Å². The second-order valence-electron chi connectivity index (χ2n) is 10.8.